The number of aliphatic hydroxyl groups is 1. The number of aryl methyl sites for hydroxylation is 1. The van der Waals surface area contributed by atoms with Gasteiger partial charge in [-0.25, -0.2) is 0 Å². The van der Waals surface area contributed by atoms with Crippen LogP contribution >= 0.6 is 11.3 Å². The second-order valence-electron chi connectivity index (χ2n) is 9.95. The van der Waals surface area contributed by atoms with E-state index in [2.05, 4.69) is 27.4 Å². The molecule has 0 radical (unpaired) electrons. The van der Waals surface area contributed by atoms with Gasteiger partial charge in [0.05, 0.1) is 18.7 Å². The first-order valence-electron chi connectivity index (χ1n) is 13.1. The molecule has 0 bridgehead atoms. The van der Waals surface area contributed by atoms with E-state index in [0.29, 0.717) is 24.7 Å². The molecule has 3 atom stereocenters. The predicted octanol–water partition coefficient (Wildman–Crippen LogP) is 5.94. The van der Waals surface area contributed by atoms with Gasteiger partial charge in [0.1, 0.15) is 5.75 Å². The van der Waals surface area contributed by atoms with E-state index in [9.17, 15) is 15.0 Å². The fraction of sp³-hybridized carbons (Fsp3) is 0.517. The normalized spacial score (nSPS) is 19.4. The van der Waals surface area contributed by atoms with E-state index in [1.165, 1.54) is 17.7 Å². The number of methoxy groups -OCH3 is 1. The first-order chi connectivity index (χ1) is 17.5. The standard InChI is InChI=1S/C29H38N2O4S/c1-35-23-9-10-27-26(19-23)25(13-15-30-27)28(32)11-7-21-14-17-31(20-22(21)8-12-29(33)34)16-3-2-5-24-6-4-18-36-24/h4,6,9-10,13,15,18-19,21-22,28,32H,2-3,5,7-8,11-12,14,16-17,20H2,1H3,(H,33,34)/t21?,22?,28-/m0/s1. The lowest BCUT2D eigenvalue weighted by molar-refractivity contribution is -0.137. The van der Waals surface area contributed by atoms with Gasteiger partial charge in [-0.15, -0.1) is 11.3 Å². The number of ether oxygens (including phenoxy) is 1. The molecule has 0 saturated carbocycles. The lowest BCUT2D eigenvalue weighted by Crippen LogP contribution is -2.41. The number of nitrogens with zero attached hydrogens (tertiary/aromatic N) is 2. The first kappa shape index (κ1) is 26.6. The third-order valence-electron chi connectivity index (χ3n) is 7.58. The molecular weight excluding hydrogens is 472 g/mol. The molecule has 0 spiro atoms. The van der Waals surface area contributed by atoms with Crippen molar-refractivity contribution in [3.63, 3.8) is 0 Å². The zero-order valence-corrected chi connectivity index (χ0v) is 22.0. The van der Waals surface area contributed by atoms with Crippen LogP contribution in [0.15, 0.2) is 48.0 Å². The summed E-state index contributed by atoms with van der Waals surface area (Å²) in [7, 11) is 1.64. The van der Waals surface area contributed by atoms with Gasteiger partial charge >= 0.3 is 5.97 Å². The number of piperidine rings is 1. The number of carboxylic acid groups (broad SMARTS) is 1. The number of carbonyl (C=O) groups is 1. The topological polar surface area (TPSA) is 82.9 Å². The molecule has 3 aromatic rings. The van der Waals surface area contributed by atoms with E-state index >= 15 is 0 Å². The summed E-state index contributed by atoms with van der Waals surface area (Å²) in [5.41, 5.74) is 1.73. The number of rotatable bonds is 13. The monoisotopic (exact) mass is 510 g/mol. The molecule has 1 saturated heterocycles. The maximum absolute atomic E-state index is 11.3. The maximum Gasteiger partial charge on any atom is 0.303 e. The fourth-order valence-electron chi connectivity index (χ4n) is 5.56. The van der Waals surface area contributed by atoms with Crippen molar-refractivity contribution >= 4 is 28.2 Å². The molecule has 0 amide bonds. The number of thiophene rings is 1. The number of fused-ring (bicyclic) bond motifs is 1. The van der Waals surface area contributed by atoms with Gasteiger partial charge in [-0.2, -0.15) is 0 Å². The summed E-state index contributed by atoms with van der Waals surface area (Å²) in [6, 6.07) is 12.0. The smallest absolute Gasteiger partial charge is 0.303 e. The molecule has 7 heteroatoms. The number of hydrogen-bond acceptors (Lipinski definition) is 6. The second-order valence-corrected chi connectivity index (χ2v) is 11.0. The number of aromatic nitrogens is 1. The van der Waals surface area contributed by atoms with E-state index in [1.807, 2.05) is 35.6 Å². The molecule has 194 valence electrons. The van der Waals surface area contributed by atoms with Crippen molar-refractivity contribution in [3.05, 3.63) is 58.4 Å². The lowest BCUT2D eigenvalue weighted by Gasteiger charge is -2.39. The fourth-order valence-corrected chi connectivity index (χ4v) is 6.31. The van der Waals surface area contributed by atoms with Crippen LogP contribution in [-0.2, 0) is 11.2 Å². The van der Waals surface area contributed by atoms with Crippen molar-refractivity contribution in [3.8, 4) is 5.75 Å². The second kappa shape index (κ2) is 13.2. The number of likely N-dealkylation sites (tertiary alicyclic amines) is 1. The maximum atomic E-state index is 11.3. The van der Waals surface area contributed by atoms with Gasteiger partial charge in [0.2, 0.25) is 0 Å². The Bertz CT molecular complexity index is 1100. The molecule has 2 N–H and O–H groups in total. The van der Waals surface area contributed by atoms with Crippen molar-refractivity contribution in [2.45, 2.75) is 57.5 Å². The van der Waals surface area contributed by atoms with E-state index in [0.717, 1.165) is 61.1 Å². The minimum absolute atomic E-state index is 0.213. The molecule has 6 nitrogen and oxygen atoms in total. The highest BCUT2D eigenvalue weighted by molar-refractivity contribution is 7.09. The summed E-state index contributed by atoms with van der Waals surface area (Å²) in [6.45, 7) is 3.09. The Morgan fingerprint density at radius 3 is 2.89 bits per heavy atom. The van der Waals surface area contributed by atoms with E-state index in [4.69, 9.17) is 4.74 Å². The molecule has 1 fully saturated rings. The van der Waals surface area contributed by atoms with Crippen molar-refractivity contribution in [1.29, 1.82) is 0 Å². The van der Waals surface area contributed by atoms with Crippen LogP contribution in [0.5, 0.6) is 5.75 Å². The van der Waals surface area contributed by atoms with Crippen molar-refractivity contribution in [2.24, 2.45) is 11.8 Å². The Labute approximate surface area is 217 Å². The molecule has 0 aliphatic carbocycles. The van der Waals surface area contributed by atoms with E-state index in [-0.39, 0.29) is 6.42 Å². The molecule has 36 heavy (non-hydrogen) atoms. The average molecular weight is 511 g/mol. The van der Waals surface area contributed by atoms with Gasteiger partial charge in [-0.05, 0) is 111 Å². The van der Waals surface area contributed by atoms with Crippen LogP contribution in [0.4, 0.5) is 0 Å². The van der Waals surface area contributed by atoms with Crippen LogP contribution in [-0.4, -0.2) is 52.8 Å². The van der Waals surface area contributed by atoms with Crippen molar-refractivity contribution in [2.75, 3.05) is 26.7 Å². The molecule has 2 unspecified atom stereocenters. The summed E-state index contributed by atoms with van der Waals surface area (Å²) in [5.74, 6) is 0.817. The quantitative estimate of drug-likeness (QED) is 0.277. The van der Waals surface area contributed by atoms with Gasteiger partial charge in [0, 0.05) is 29.4 Å². The Morgan fingerprint density at radius 2 is 2.11 bits per heavy atom. The Morgan fingerprint density at radius 1 is 1.22 bits per heavy atom. The third kappa shape index (κ3) is 7.28. The summed E-state index contributed by atoms with van der Waals surface area (Å²) in [6.07, 6.45) is 8.20. The number of pyridine rings is 1. The number of benzene rings is 1. The van der Waals surface area contributed by atoms with Crippen LogP contribution in [0.25, 0.3) is 10.9 Å². The highest BCUT2D eigenvalue weighted by Gasteiger charge is 2.30. The molecular formula is C29H38N2O4S. The van der Waals surface area contributed by atoms with E-state index < -0.39 is 12.1 Å². The number of hydrogen-bond donors (Lipinski definition) is 2. The summed E-state index contributed by atoms with van der Waals surface area (Å²) in [4.78, 5) is 19.7. The summed E-state index contributed by atoms with van der Waals surface area (Å²) >= 11 is 1.83. The minimum Gasteiger partial charge on any atom is -0.497 e. The number of unbranched alkanes of at least 4 members (excludes halogenated alkanes) is 1. The third-order valence-corrected chi connectivity index (χ3v) is 8.52. The Hall–Kier alpha value is -2.48. The summed E-state index contributed by atoms with van der Waals surface area (Å²) in [5, 5.41) is 23.5. The van der Waals surface area contributed by atoms with Gasteiger partial charge in [0.25, 0.3) is 0 Å². The number of aliphatic hydroxyl groups excluding tert-OH is 1. The van der Waals surface area contributed by atoms with Crippen LogP contribution < -0.4 is 4.74 Å². The van der Waals surface area contributed by atoms with E-state index in [1.54, 1.807) is 13.3 Å². The Balaban J connectivity index is 1.33. The van der Waals surface area contributed by atoms with Crippen LogP contribution in [0.3, 0.4) is 0 Å². The highest BCUT2D eigenvalue weighted by Crippen LogP contribution is 2.35. The Kier molecular flexibility index (Phi) is 9.73. The molecule has 1 aliphatic heterocycles. The largest absolute Gasteiger partial charge is 0.497 e. The molecule has 3 heterocycles. The number of carboxylic acids is 1. The van der Waals surface area contributed by atoms with Gasteiger partial charge in [-0.3, -0.25) is 9.78 Å². The van der Waals surface area contributed by atoms with Crippen molar-refractivity contribution in [1.82, 2.24) is 9.88 Å². The minimum atomic E-state index is -0.723. The zero-order chi connectivity index (χ0) is 25.3. The first-order valence-corrected chi connectivity index (χ1v) is 14.0. The summed E-state index contributed by atoms with van der Waals surface area (Å²) < 4.78 is 5.37. The van der Waals surface area contributed by atoms with Gasteiger partial charge in [0.15, 0.2) is 0 Å². The highest BCUT2D eigenvalue weighted by atomic mass is 32.1. The zero-order valence-electron chi connectivity index (χ0n) is 21.1. The number of aliphatic carboxylic acids is 1. The average Bonchev–Trinajstić information content (AvgIpc) is 3.42. The van der Waals surface area contributed by atoms with Gasteiger partial charge in [-0.1, -0.05) is 6.07 Å². The molecule has 2 aromatic heterocycles. The van der Waals surface area contributed by atoms with Crippen LogP contribution in [0.1, 0.15) is 61.5 Å². The predicted molar refractivity (Wildman–Crippen MR) is 145 cm³/mol. The SMILES string of the molecule is COc1ccc2nccc([C@@H](O)CCC3CCN(CCCCc4cccs4)CC3CCC(=O)O)c2c1. The van der Waals surface area contributed by atoms with Gasteiger partial charge < -0.3 is 19.8 Å². The molecule has 1 aromatic carbocycles. The van der Waals surface area contributed by atoms with Crippen molar-refractivity contribution < 1.29 is 19.7 Å². The van der Waals surface area contributed by atoms with Crippen LogP contribution in [0, 0.1) is 11.8 Å². The molecule has 1 aliphatic rings. The lowest BCUT2D eigenvalue weighted by atomic mass is 9.79. The molecule has 4 rings (SSSR count). The van der Waals surface area contributed by atoms with Crippen LogP contribution in [0.2, 0.25) is 0 Å².